The minimum atomic E-state index is -0.516. The fourth-order valence-corrected chi connectivity index (χ4v) is 2.83. The van der Waals surface area contributed by atoms with Crippen LogP contribution >= 0.6 is 22.9 Å². The van der Waals surface area contributed by atoms with Gasteiger partial charge in [-0.05, 0) is 36.8 Å². The van der Waals surface area contributed by atoms with E-state index in [9.17, 15) is 4.79 Å². The molecule has 0 saturated carbocycles. The predicted molar refractivity (Wildman–Crippen MR) is 81.0 cm³/mol. The SMILES string of the molecule is CCc1ccc(CNc2ccc(Cl)c(C(N)=O)c2)s1. The van der Waals surface area contributed by atoms with Crippen LogP contribution in [0.5, 0.6) is 0 Å². The summed E-state index contributed by atoms with van der Waals surface area (Å²) in [5.41, 5.74) is 6.44. The Balaban J connectivity index is 2.07. The molecule has 0 fully saturated rings. The Bertz CT molecular complexity index is 595. The average molecular weight is 295 g/mol. The molecule has 0 saturated heterocycles. The molecule has 0 bridgehead atoms. The second kappa shape index (κ2) is 6.08. The second-order valence-corrected chi connectivity index (χ2v) is 5.79. The first kappa shape index (κ1) is 13.9. The molecule has 1 aromatic carbocycles. The molecule has 19 heavy (non-hydrogen) atoms. The first-order valence-electron chi connectivity index (χ1n) is 6.01. The molecule has 3 nitrogen and oxygen atoms in total. The van der Waals surface area contributed by atoms with Gasteiger partial charge in [-0.1, -0.05) is 18.5 Å². The maximum atomic E-state index is 11.2. The van der Waals surface area contributed by atoms with Gasteiger partial charge in [0.05, 0.1) is 10.6 Å². The van der Waals surface area contributed by atoms with Crippen LogP contribution in [0.2, 0.25) is 5.02 Å². The Hall–Kier alpha value is -1.52. The van der Waals surface area contributed by atoms with E-state index >= 15 is 0 Å². The molecule has 0 radical (unpaired) electrons. The summed E-state index contributed by atoms with van der Waals surface area (Å²) in [7, 11) is 0. The summed E-state index contributed by atoms with van der Waals surface area (Å²) in [6.45, 7) is 2.87. The Labute approximate surface area is 121 Å². The van der Waals surface area contributed by atoms with E-state index in [0.29, 0.717) is 10.6 Å². The predicted octanol–water partition coefficient (Wildman–Crippen LogP) is 3.67. The molecule has 1 heterocycles. The minimum absolute atomic E-state index is 0.340. The van der Waals surface area contributed by atoms with Crippen molar-refractivity contribution in [2.24, 2.45) is 5.73 Å². The van der Waals surface area contributed by atoms with E-state index in [1.807, 2.05) is 6.07 Å². The lowest BCUT2D eigenvalue weighted by Gasteiger charge is -2.07. The maximum Gasteiger partial charge on any atom is 0.250 e. The first-order valence-corrected chi connectivity index (χ1v) is 7.20. The third-order valence-electron chi connectivity index (χ3n) is 2.76. The number of carbonyl (C=O) groups excluding carboxylic acids is 1. The Morgan fingerprint density at radius 2 is 2.05 bits per heavy atom. The van der Waals surface area contributed by atoms with Gasteiger partial charge < -0.3 is 11.1 Å². The fraction of sp³-hybridized carbons (Fsp3) is 0.214. The van der Waals surface area contributed by atoms with E-state index in [2.05, 4.69) is 24.4 Å². The van der Waals surface area contributed by atoms with Gasteiger partial charge in [-0.15, -0.1) is 11.3 Å². The molecule has 0 spiro atoms. The number of primary amides is 1. The van der Waals surface area contributed by atoms with Gasteiger partial charge >= 0.3 is 0 Å². The number of nitrogens with two attached hydrogens (primary N) is 1. The molecule has 100 valence electrons. The quantitative estimate of drug-likeness (QED) is 0.884. The smallest absolute Gasteiger partial charge is 0.250 e. The molecule has 2 aromatic rings. The standard InChI is InChI=1S/C14H15ClN2OS/c1-2-10-4-5-11(19-10)8-17-9-3-6-13(15)12(7-9)14(16)18/h3-7,17H,2,8H2,1H3,(H2,16,18). The Morgan fingerprint density at radius 3 is 2.68 bits per heavy atom. The summed E-state index contributed by atoms with van der Waals surface area (Å²) in [6, 6.07) is 9.44. The monoisotopic (exact) mass is 294 g/mol. The van der Waals surface area contributed by atoms with Crippen molar-refractivity contribution >= 4 is 34.5 Å². The van der Waals surface area contributed by atoms with Crippen LogP contribution in [0, 0.1) is 0 Å². The van der Waals surface area contributed by atoms with Gasteiger partial charge in [0.25, 0.3) is 0 Å². The molecule has 0 aliphatic heterocycles. The number of benzene rings is 1. The lowest BCUT2D eigenvalue weighted by molar-refractivity contribution is 0.100. The van der Waals surface area contributed by atoms with Crippen molar-refractivity contribution in [3.05, 3.63) is 50.7 Å². The van der Waals surface area contributed by atoms with Crippen LogP contribution in [-0.2, 0) is 13.0 Å². The largest absolute Gasteiger partial charge is 0.380 e. The van der Waals surface area contributed by atoms with Gasteiger partial charge in [-0.25, -0.2) is 0 Å². The van der Waals surface area contributed by atoms with Gasteiger partial charge in [0.2, 0.25) is 5.91 Å². The summed E-state index contributed by atoms with van der Waals surface area (Å²) < 4.78 is 0. The van der Waals surface area contributed by atoms with Crippen LogP contribution in [0.4, 0.5) is 5.69 Å². The molecule has 0 atom stereocenters. The maximum absolute atomic E-state index is 11.2. The number of nitrogens with one attached hydrogen (secondary N) is 1. The summed E-state index contributed by atoms with van der Waals surface area (Å²) in [5.74, 6) is -0.516. The highest BCUT2D eigenvalue weighted by Gasteiger charge is 2.07. The van der Waals surface area contributed by atoms with E-state index in [1.165, 1.54) is 9.75 Å². The number of carbonyl (C=O) groups is 1. The zero-order chi connectivity index (χ0) is 13.8. The minimum Gasteiger partial charge on any atom is -0.380 e. The van der Waals surface area contributed by atoms with Gasteiger partial charge in [-0.3, -0.25) is 4.79 Å². The fourth-order valence-electron chi connectivity index (χ4n) is 1.72. The molecule has 0 aliphatic carbocycles. The number of rotatable bonds is 5. The summed E-state index contributed by atoms with van der Waals surface area (Å²) in [4.78, 5) is 13.8. The van der Waals surface area contributed by atoms with Crippen molar-refractivity contribution in [2.45, 2.75) is 19.9 Å². The lowest BCUT2D eigenvalue weighted by Crippen LogP contribution is -2.12. The van der Waals surface area contributed by atoms with Crippen molar-refractivity contribution in [1.82, 2.24) is 0 Å². The molecule has 3 N–H and O–H groups in total. The molecule has 2 rings (SSSR count). The summed E-state index contributed by atoms with van der Waals surface area (Å²) in [5, 5.41) is 3.64. The number of anilines is 1. The number of thiophene rings is 1. The molecule has 0 unspecified atom stereocenters. The number of amides is 1. The number of hydrogen-bond donors (Lipinski definition) is 2. The molecule has 5 heteroatoms. The summed E-state index contributed by atoms with van der Waals surface area (Å²) >= 11 is 7.69. The first-order chi connectivity index (χ1) is 9.10. The highest BCUT2D eigenvalue weighted by atomic mass is 35.5. The van der Waals surface area contributed by atoms with Crippen LogP contribution in [0.25, 0.3) is 0 Å². The van der Waals surface area contributed by atoms with E-state index < -0.39 is 5.91 Å². The van der Waals surface area contributed by atoms with Gasteiger partial charge in [0.1, 0.15) is 0 Å². The van der Waals surface area contributed by atoms with Crippen LogP contribution in [0.1, 0.15) is 27.0 Å². The van der Waals surface area contributed by atoms with Gasteiger partial charge in [-0.2, -0.15) is 0 Å². The number of halogens is 1. The molecular weight excluding hydrogens is 280 g/mol. The van der Waals surface area contributed by atoms with Gasteiger partial charge in [0.15, 0.2) is 0 Å². The molecule has 0 aliphatic rings. The molecule has 1 amide bonds. The Morgan fingerprint density at radius 1 is 1.32 bits per heavy atom. The van der Waals surface area contributed by atoms with Crippen LogP contribution < -0.4 is 11.1 Å². The van der Waals surface area contributed by atoms with Crippen molar-refractivity contribution in [3.63, 3.8) is 0 Å². The third kappa shape index (κ3) is 3.49. The number of aryl methyl sites for hydroxylation is 1. The van der Waals surface area contributed by atoms with Gasteiger partial charge in [0, 0.05) is 22.0 Å². The lowest BCUT2D eigenvalue weighted by atomic mass is 10.2. The van der Waals surface area contributed by atoms with E-state index in [-0.39, 0.29) is 0 Å². The second-order valence-electron chi connectivity index (χ2n) is 4.13. The average Bonchev–Trinajstić information content (AvgIpc) is 2.85. The Kier molecular flexibility index (Phi) is 4.45. The zero-order valence-electron chi connectivity index (χ0n) is 10.6. The van der Waals surface area contributed by atoms with E-state index in [0.717, 1.165) is 18.7 Å². The van der Waals surface area contributed by atoms with Crippen molar-refractivity contribution < 1.29 is 4.79 Å². The number of hydrogen-bond acceptors (Lipinski definition) is 3. The third-order valence-corrected chi connectivity index (χ3v) is 4.32. The van der Waals surface area contributed by atoms with Crippen molar-refractivity contribution in [3.8, 4) is 0 Å². The van der Waals surface area contributed by atoms with E-state index in [4.69, 9.17) is 17.3 Å². The normalized spacial score (nSPS) is 10.4. The molecular formula is C14H15ClN2OS. The molecule has 1 aromatic heterocycles. The van der Waals surface area contributed by atoms with Crippen LogP contribution in [-0.4, -0.2) is 5.91 Å². The highest BCUT2D eigenvalue weighted by molar-refractivity contribution is 7.12. The van der Waals surface area contributed by atoms with E-state index in [1.54, 1.807) is 23.5 Å². The topological polar surface area (TPSA) is 55.1 Å². The highest BCUT2D eigenvalue weighted by Crippen LogP contribution is 2.22. The zero-order valence-corrected chi connectivity index (χ0v) is 12.1. The van der Waals surface area contributed by atoms with Crippen LogP contribution in [0.15, 0.2) is 30.3 Å². The van der Waals surface area contributed by atoms with Crippen molar-refractivity contribution in [2.75, 3.05) is 5.32 Å². The summed E-state index contributed by atoms with van der Waals surface area (Å²) in [6.07, 6.45) is 1.05. The van der Waals surface area contributed by atoms with Crippen molar-refractivity contribution in [1.29, 1.82) is 0 Å². The van der Waals surface area contributed by atoms with Crippen LogP contribution in [0.3, 0.4) is 0 Å².